The predicted octanol–water partition coefficient (Wildman–Crippen LogP) is 5.28. The molecule has 4 heteroatoms. The van der Waals surface area contributed by atoms with Crippen LogP contribution in [-0.4, -0.2) is 7.11 Å². The zero-order valence-electron chi connectivity index (χ0n) is 12.6. The summed E-state index contributed by atoms with van der Waals surface area (Å²) in [5, 5.41) is 3.55. The van der Waals surface area contributed by atoms with E-state index >= 15 is 0 Å². The summed E-state index contributed by atoms with van der Waals surface area (Å²) in [5.41, 5.74) is 4.07. The van der Waals surface area contributed by atoms with Gasteiger partial charge >= 0.3 is 0 Å². The van der Waals surface area contributed by atoms with Crippen LogP contribution in [0.3, 0.4) is 0 Å². The molecule has 0 aromatic heterocycles. The van der Waals surface area contributed by atoms with Crippen LogP contribution in [0.25, 0.3) is 0 Å². The predicted molar refractivity (Wildman–Crippen MR) is 85.9 cm³/mol. The van der Waals surface area contributed by atoms with E-state index in [1.165, 1.54) is 6.07 Å². The van der Waals surface area contributed by atoms with Gasteiger partial charge in [0.1, 0.15) is 11.6 Å². The summed E-state index contributed by atoms with van der Waals surface area (Å²) in [6, 6.07) is 8.81. The minimum atomic E-state index is -0.402. The monoisotopic (exact) mass is 307 g/mol. The number of methoxy groups -OCH3 is 1. The second-order valence-corrected chi connectivity index (χ2v) is 5.54. The highest BCUT2D eigenvalue weighted by atomic mass is 35.5. The Bertz CT molecular complexity index is 657. The highest BCUT2D eigenvalue weighted by Gasteiger charge is 2.12. The molecule has 0 fully saturated rings. The molecule has 0 bridgehead atoms. The van der Waals surface area contributed by atoms with E-state index in [4.69, 9.17) is 16.3 Å². The lowest BCUT2D eigenvalue weighted by molar-refractivity contribution is 0.409. The van der Waals surface area contributed by atoms with Gasteiger partial charge in [0.25, 0.3) is 0 Å². The van der Waals surface area contributed by atoms with Crippen molar-refractivity contribution >= 4 is 17.3 Å². The van der Waals surface area contributed by atoms with E-state index in [9.17, 15) is 4.39 Å². The van der Waals surface area contributed by atoms with Crippen LogP contribution in [0.1, 0.15) is 29.7 Å². The molecule has 1 atom stereocenters. The molecule has 0 aliphatic heterocycles. The van der Waals surface area contributed by atoms with Crippen molar-refractivity contribution in [2.45, 2.75) is 26.8 Å². The summed E-state index contributed by atoms with van der Waals surface area (Å²) in [6.07, 6.45) is 0. The van der Waals surface area contributed by atoms with E-state index in [2.05, 4.69) is 5.32 Å². The molecule has 0 aliphatic rings. The number of hydrogen-bond donors (Lipinski definition) is 1. The van der Waals surface area contributed by atoms with Gasteiger partial charge in [0.05, 0.1) is 12.1 Å². The standard InChI is InChI=1S/C17H19ClFNO/c1-10-5-8-16(11(2)17(10)21-4)20-12(3)13-6-7-15(19)14(18)9-13/h5-9,12,20H,1-4H3. The molecule has 0 saturated heterocycles. The van der Waals surface area contributed by atoms with Crippen LogP contribution in [0.15, 0.2) is 30.3 Å². The molecule has 2 rings (SSSR count). The Morgan fingerprint density at radius 1 is 1.19 bits per heavy atom. The van der Waals surface area contributed by atoms with E-state index in [0.29, 0.717) is 0 Å². The van der Waals surface area contributed by atoms with E-state index < -0.39 is 5.82 Å². The maximum Gasteiger partial charge on any atom is 0.141 e. The first-order valence-electron chi connectivity index (χ1n) is 6.79. The SMILES string of the molecule is COc1c(C)ccc(NC(C)c2ccc(F)c(Cl)c2)c1C. The molecule has 2 aromatic rings. The summed E-state index contributed by atoms with van der Waals surface area (Å²) in [5.74, 6) is 0.477. The molecule has 112 valence electrons. The van der Waals surface area contributed by atoms with Gasteiger partial charge < -0.3 is 10.1 Å². The lowest BCUT2D eigenvalue weighted by atomic mass is 10.1. The van der Waals surface area contributed by atoms with Gasteiger partial charge in [0, 0.05) is 17.3 Å². The normalized spacial score (nSPS) is 12.1. The van der Waals surface area contributed by atoms with Gasteiger partial charge in [-0.3, -0.25) is 0 Å². The molecule has 0 heterocycles. The molecule has 0 radical (unpaired) electrons. The van der Waals surface area contributed by atoms with E-state index in [1.807, 2.05) is 32.9 Å². The van der Waals surface area contributed by atoms with Crippen LogP contribution in [-0.2, 0) is 0 Å². The van der Waals surface area contributed by atoms with Gasteiger partial charge in [0.15, 0.2) is 0 Å². The molecule has 2 nitrogen and oxygen atoms in total. The molecule has 0 saturated carbocycles. The second-order valence-electron chi connectivity index (χ2n) is 5.13. The zero-order chi connectivity index (χ0) is 15.6. The quantitative estimate of drug-likeness (QED) is 0.830. The lowest BCUT2D eigenvalue weighted by Crippen LogP contribution is -2.08. The van der Waals surface area contributed by atoms with Crippen molar-refractivity contribution in [3.05, 3.63) is 57.9 Å². The lowest BCUT2D eigenvalue weighted by Gasteiger charge is -2.20. The Morgan fingerprint density at radius 2 is 1.90 bits per heavy atom. The number of rotatable bonds is 4. The number of anilines is 1. The third-order valence-corrected chi connectivity index (χ3v) is 3.91. The first-order valence-corrected chi connectivity index (χ1v) is 7.17. The first-order chi connectivity index (χ1) is 9.93. The van der Waals surface area contributed by atoms with Crippen LogP contribution in [0.2, 0.25) is 5.02 Å². The average molecular weight is 308 g/mol. The van der Waals surface area contributed by atoms with Gasteiger partial charge in [-0.2, -0.15) is 0 Å². The number of benzene rings is 2. The summed E-state index contributed by atoms with van der Waals surface area (Å²) in [4.78, 5) is 0. The number of ether oxygens (including phenoxy) is 1. The van der Waals surface area contributed by atoms with Crippen molar-refractivity contribution in [1.82, 2.24) is 0 Å². The first kappa shape index (κ1) is 15.6. The smallest absolute Gasteiger partial charge is 0.141 e. The maximum absolute atomic E-state index is 13.2. The molecule has 0 aliphatic carbocycles. The third-order valence-electron chi connectivity index (χ3n) is 3.62. The third kappa shape index (κ3) is 3.30. The van der Waals surface area contributed by atoms with E-state index in [0.717, 1.165) is 28.1 Å². The fraction of sp³-hybridized carbons (Fsp3) is 0.294. The van der Waals surface area contributed by atoms with Gasteiger partial charge in [0.2, 0.25) is 0 Å². The molecule has 0 amide bonds. The minimum absolute atomic E-state index is 0.00853. The topological polar surface area (TPSA) is 21.3 Å². The van der Waals surface area contributed by atoms with Crippen molar-refractivity contribution in [3.8, 4) is 5.75 Å². The summed E-state index contributed by atoms with van der Waals surface area (Å²) < 4.78 is 18.7. The summed E-state index contributed by atoms with van der Waals surface area (Å²) in [6.45, 7) is 6.03. The van der Waals surface area contributed by atoms with Crippen LogP contribution < -0.4 is 10.1 Å². The highest BCUT2D eigenvalue weighted by molar-refractivity contribution is 6.30. The minimum Gasteiger partial charge on any atom is -0.496 e. The van der Waals surface area contributed by atoms with Crippen LogP contribution in [0, 0.1) is 19.7 Å². The number of halogens is 2. The Kier molecular flexibility index (Phi) is 4.73. The Balaban J connectivity index is 2.27. The molecule has 2 aromatic carbocycles. The molecule has 0 spiro atoms. The summed E-state index contributed by atoms with van der Waals surface area (Å²) in [7, 11) is 1.67. The van der Waals surface area contributed by atoms with Crippen molar-refractivity contribution in [2.75, 3.05) is 12.4 Å². The largest absolute Gasteiger partial charge is 0.496 e. The van der Waals surface area contributed by atoms with E-state index in [-0.39, 0.29) is 11.1 Å². The van der Waals surface area contributed by atoms with Gasteiger partial charge in [-0.15, -0.1) is 0 Å². The van der Waals surface area contributed by atoms with Gasteiger partial charge in [-0.25, -0.2) is 4.39 Å². The molecular formula is C17H19ClFNO. The maximum atomic E-state index is 13.2. The number of aryl methyl sites for hydroxylation is 1. The summed E-state index contributed by atoms with van der Waals surface area (Å²) >= 11 is 5.84. The van der Waals surface area contributed by atoms with Gasteiger partial charge in [-0.1, -0.05) is 23.7 Å². The van der Waals surface area contributed by atoms with Crippen molar-refractivity contribution in [1.29, 1.82) is 0 Å². The van der Waals surface area contributed by atoms with Gasteiger partial charge in [-0.05, 0) is 50.1 Å². The molecular weight excluding hydrogens is 289 g/mol. The van der Waals surface area contributed by atoms with Crippen LogP contribution in [0.5, 0.6) is 5.75 Å². The Morgan fingerprint density at radius 3 is 2.52 bits per heavy atom. The van der Waals surface area contributed by atoms with Crippen molar-refractivity contribution < 1.29 is 9.13 Å². The molecule has 1 N–H and O–H groups in total. The fourth-order valence-corrected chi connectivity index (χ4v) is 2.58. The Hall–Kier alpha value is -1.74. The van der Waals surface area contributed by atoms with Crippen LogP contribution in [0.4, 0.5) is 10.1 Å². The Labute approximate surface area is 129 Å². The van der Waals surface area contributed by atoms with Crippen LogP contribution >= 0.6 is 11.6 Å². The number of nitrogens with one attached hydrogen (secondary N) is 1. The second kappa shape index (κ2) is 6.35. The molecule has 1 unspecified atom stereocenters. The highest BCUT2D eigenvalue weighted by Crippen LogP contribution is 2.32. The number of hydrogen-bond acceptors (Lipinski definition) is 2. The van der Waals surface area contributed by atoms with Crippen molar-refractivity contribution in [2.24, 2.45) is 0 Å². The van der Waals surface area contributed by atoms with Crippen molar-refractivity contribution in [3.63, 3.8) is 0 Å². The fourth-order valence-electron chi connectivity index (χ4n) is 2.40. The molecule has 21 heavy (non-hydrogen) atoms. The van der Waals surface area contributed by atoms with E-state index in [1.54, 1.807) is 19.2 Å². The average Bonchev–Trinajstić information content (AvgIpc) is 2.45. The zero-order valence-corrected chi connectivity index (χ0v) is 13.4.